The Balaban J connectivity index is 0.00000705. The third-order valence-corrected chi connectivity index (χ3v) is 12.3. The molecule has 0 atom stereocenters. The van der Waals surface area contributed by atoms with E-state index in [-0.39, 0.29) is 49.0 Å². The van der Waals surface area contributed by atoms with Gasteiger partial charge in [0.05, 0.1) is 30.4 Å². The second-order valence-electron chi connectivity index (χ2n) is 17.0. The van der Waals surface area contributed by atoms with E-state index in [2.05, 4.69) is 18.5 Å². The maximum Gasteiger partial charge on any atom is 0.268 e. The predicted octanol–water partition coefficient (Wildman–Crippen LogP) is 15.1. The minimum Gasteiger partial charge on any atom is -0.510 e. The van der Waals surface area contributed by atoms with Gasteiger partial charge in [-0.3, -0.25) is 4.57 Å². The van der Waals surface area contributed by atoms with Crippen LogP contribution in [0.1, 0.15) is 41.4 Å². The van der Waals surface area contributed by atoms with Gasteiger partial charge in [0.2, 0.25) is 0 Å². The molecule has 0 bridgehead atoms. The third kappa shape index (κ3) is 8.33. The van der Waals surface area contributed by atoms with Gasteiger partial charge < -0.3 is 13.9 Å². The van der Waals surface area contributed by atoms with E-state index >= 15 is 0 Å². The first-order valence-electron chi connectivity index (χ1n) is 28.4. The van der Waals surface area contributed by atoms with E-state index in [0.29, 0.717) is 45.1 Å². The zero-order chi connectivity index (χ0) is 56.8. The summed E-state index contributed by atoms with van der Waals surface area (Å²) < 4.78 is 119. The summed E-state index contributed by atoms with van der Waals surface area (Å²) in [5, 5.41) is 1.80. The minimum atomic E-state index is -1.81. The Morgan fingerprint density at radius 3 is 2.01 bits per heavy atom. The van der Waals surface area contributed by atoms with Crippen LogP contribution in [-0.2, 0) is 32.9 Å². The van der Waals surface area contributed by atoms with Crippen LogP contribution in [0.15, 0.2) is 230 Å². The van der Waals surface area contributed by atoms with E-state index in [4.69, 9.17) is 23.4 Å². The van der Waals surface area contributed by atoms with E-state index in [9.17, 15) is 2.74 Å². The number of fused-ring (bicyclic) bond motifs is 4. The number of pyridine rings is 1. The van der Waals surface area contributed by atoms with Crippen molar-refractivity contribution in [3.8, 4) is 62.1 Å². The van der Waals surface area contributed by atoms with Crippen molar-refractivity contribution in [2.24, 2.45) is 0 Å². The molecule has 3 aromatic heterocycles. The quantitative estimate of drug-likeness (QED) is 0.0956. The molecular weight excluding hydrogens is 1040 g/mol. The monoisotopic (exact) mass is 1090 g/mol. The second-order valence-corrected chi connectivity index (χ2v) is 17.0. The molecule has 0 spiro atoms. The Morgan fingerprint density at radius 1 is 0.600 bits per heavy atom. The number of benzene rings is 9. The normalized spacial score (nSPS) is 14.1. The van der Waals surface area contributed by atoms with Crippen LogP contribution in [0.4, 0.5) is 0 Å². The molecule has 12 aromatic rings. The van der Waals surface area contributed by atoms with Crippen molar-refractivity contribution in [3.05, 3.63) is 260 Å². The van der Waals surface area contributed by atoms with Crippen LogP contribution in [-0.4, -0.2) is 14.1 Å². The minimum absolute atomic E-state index is 0. The summed E-state index contributed by atoms with van der Waals surface area (Å²) in [6.45, 7) is 3.81. The Bertz CT molecular complexity index is 4380. The molecular formula is C64H46N4OPt-2. The fraction of sp³-hybridized carbons (Fsp3) is 0.0625. The van der Waals surface area contributed by atoms with E-state index in [1.54, 1.807) is 63.9 Å². The SMILES string of the molecule is [2H]c1c([2H])c([2H])c(-c2cccc(-c3c([2H])c([2H])c([2H])c([2H])c3[2H])c2-[n+]2[c-]n(-c3[c-]c(Oc4[c-]c5c(cc4)c4ccccc4n5-c4cc(C([2H])([2H])C(C)(C)c5ccccc5)ccn4)ccc3)c3cc(-c4ccccc4)ccc32)c([2H])c1[2H].[Pt]. The summed E-state index contributed by atoms with van der Waals surface area (Å²) in [5.74, 6) is 1.13. The molecule has 0 amide bonds. The van der Waals surface area contributed by atoms with Gasteiger partial charge >= 0.3 is 0 Å². The molecule has 0 saturated carbocycles. The summed E-state index contributed by atoms with van der Waals surface area (Å²) in [6.07, 6.45) is 3.28. The van der Waals surface area contributed by atoms with Crippen molar-refractivity contribution < 1.29 is 46.8 Å². The van der Waals surface area contributed by atoms with Crippen molar-refractivity contribution in [1.29, 1.82) is 0 Å². The molecule has 340 valence electrons. The molecule has 6 heteroatoms. The molecule has 0 saturated heterocycles. The van der Waals surface area contributed by atoms with Crippen LogP contribution in [0.5, 0.6) is 11.5 Å². The topological polar surface area (TPSA) is 35.9 Å². The van der Waals surface area contributed by atoms with Crippen molar-refractivity contribution in [1.82, 2.24) is 14.1 Å². The molecule has 0 aliphatic heterocycles. The summed E-state index contributed by atoms with van der Waals surface area (Å²) in [7, 11) is 0. The first-order valence-corrected chi connectivity index (χ1v) is 22.4. The summed E-state index contributed by atoms with van der Waals surface area (Å²) in [6, 6.07) is 51.7. The fourth-order valence-electron chi connectivity index (χ4n) is 9.04. The van der Waals surface area contributed by atoms with E-state index < -0.39 is 72.2 Å². The number of hydrogen-bond donors (Lipinski definition) is 0. The molecule has 3 heterocycles. The predicted molar refractivity (Wildman–Crippen MR) is 279 cm³/mol. The zero-order valence-corrected chi connectivity index (χ0v) is 40.0. The molecule has 0 aliphatic rings. The first-order chi connectivity index (χ1) is 38.9. The van der Waals surface area contributed by atoms with Gasteiger partial charge in [-0.05, 0) is 91.6 Å². The number of hydrogen-bond acceptors (Lipinski definition) is 2. The maximum absolute atomic E-state index is 9.52. The van der Waals surface area contributed by atoms with Gasteiger partial charge in [-0.2, -0.15) is 18.2 Å². The summed E-state index contributed by atoms with van der Waals surface area (Å²) in [5.41, 5.74) is 5.14. The molecule has 70 heavy (non-hydrogen) atoms. The van der Waals surface area contributed by atoms with Crippen LogP contribution in [0, 0.1) is 18.5 Å². The molecule has 0 N–H and O–H groups in total. The van der Waals surface area contributed by atoms with Gasteiger partial charge in [0.15, 0.2) is 0 Å². The Kier molecular flexibility index (Phi) is 8.74. The largest absolute Gasteiger partial charge is 0.510 e. The standard InChI is InChI=1S/C64H46N4O.Pt/c1-64(2,50-25-13-6-14-26-50)43-45-37-38-65-62(39-45)68-58-32-16-15-29-56(58)57-35-34-53(42-60(57)68)69-52-28-17-27-51(41-52)66-44-67(59-36-33-49(40-61(59)66)46-19-7-3-8-20-46)63-54(47-21-9-4-10-22-47)30-18-31-55(63)48-23-11-5-12-24-48;/h3-40H,43H2,1-2H3;/q-2;/i4D,5D,9D,10D,11D,12D,21D,22D,23D,24D,43D2;. The van der Waals surface area contributed by atoms with Gasteiger partial charge in [0.25, 0.3) is 6.33 Å². The van der Waals surface area contributed by atoms with E-state index in [1.807, 2.05) is 134 Å². The number of rotatable bonds is 11. The van der Waals surface area contributed by atoms with Crippen molar-refractivity contribution >= 4 is 32.8 Å². The van der Waals surface area contributed by atoms with Gasteiger partial charge in [0.1, 0.15) is 5.82 Å². The summed E-state index contributed by atoms with van der Waals surface area (Å²) in [4.78, 5) is 4.80. The van der Waals surface area contributed by atoms with Crippen LogP contribution in [0.2, 0.25) is 0 Å². The molecule has 0 fully saturated rings. The molecule has 12 rings (SSSR count). The van der Waals surface area contributed by atoms with Crippen molar-refractivity contribution in [3.63, 3.8) is 0 Å². The fourth-order valence-corrected chi connectivity index (χ4v) is 9.04. The Hall–Kier alpha value is -8.11. The van der Waals surface area contributed by atoms with Crippen LogP contribution in [0.3, 0.4) is 0 Å². The van der Waals surface area contributed by atoms with E-state index in [0.717, 1.165) is 33.0 Å². The average molecular weight is 1090 g/mol. The van der Waals surface area contributed by atoms with E-state index in [1.165, 1.54) is 0 Å². The number of nitrogens with zero attached hydrogens (tertiary/aromatic N) is 4. The van der Waals surface area contributed by atoms with Gasteiger partial charge in [-0.25, -0.2) is 4.98 Å². The van der Waals surface area contributed by atoms with Crippen LogP contribution < -0.4 is 9.30 Å². The van der Waals surface area contributed by atoms with Crippen LogP contribution in [0.25, 0.3) is 83.4 Å². The van der Waals surface area contributed by atoms with Gasteiger partial charge in [0, 0.05) is 47.0 Å². The summed E-state index contributed by atoms with van der Waals surface area (Å²) >= 11 is 0. The number of ether oxygens (including phenoxy) is 1. The first kappa shape index (κ1) is 32.6. The third-order valence-electron chi connectivity index (χ3n) is 12.3. The Morgan fingerprint density at radius 2 is 1.27 bits per heavy atom. The molecule has 0 unspecified atom stereocenters. The van der Waals surface area contributed by atoms with Gasteiger partial charge in [-0.15, -0.1) is 29.7 Å². The molecule has 0 radical (unpaired) electrons. The van der Waals surface area contributed by atoms with Gasteiger partial charge in [-0.1, -0.05) is 189 Å². The van der Waals surface area contributed by atoms with Crippen molar-refractivity contribution in [2.45, 2.75) is 25.6 Å². The van der Waals surface area contributed by atoms with Crippen LogP contribution >= 0.6 is 0 Å². The number of imidazole rings is 1. The molecule has 0 aliphatic carbocycles. The second kappa shape index (κ2) is 18.8. The molecule has 9 aromatic carbocycles. The number of aromatic nitrogens is 4. The zero-order valence-electron chi connectivity index (χ0n) is 49.7. The average Bonchev–Trinajstić information content (AvgIpc) is 2.76. The van der Waals surface area contributed by atoms with Crippen molar-refractivity contribution in [2.75, 3.05) is 0 Å². The smallest absolute Gasteiger partial charge is 0.268 e. The maximum atomic E-state index is 9.52. The Labute approximate surface area is 439 Å². The number of para-hydroxylation sites is 2. The molecule has 5 nitrogen and oxygen atoms in total.